The summed E-state index contributed by atoms with van der Waals surface area (Å²) in [6.45, 7) is 5.96. The van der Waals surface area contributed by atoms with E-state index in [0.29, 0.717) is 12.8 Å². The minimum absolute atomic E-state index is 0.118. The summed E-state index contributed by atoms with van der Waals surface area (Å²) in [4.78, 5) is 24.6. The fourth-order valence-electron chi connectivity index (χ4n) is 2.71. The molecule has 6 nitrogen and oxygen atoms in total. The maximum absolute atomic E-state index is 12.2. The highest BCUT2D eigenvalue weighted by molar-refractivity contribution is 5.76. The quantitative estimate of drug-likeness (QED) is 0.722. The van der Waals surface area contributed by atoms with Crippen LogP contribution in [0.5, 0.6) is 0 Å². The summed E-state index contributed by atoms with van der Waals surface area (Å²) in [6.07, 6.45) is 3.27. The Bertz CT molecular complexity index is 384. The molecule has 1 rings (SSSR count). The Kier molecular flexibility index (Phi) is 5.61. The van der Waals surface area contributed by atoms with E-state index in [0.717, 1.165) is 12.8 Å². The van der Waals surface area contributed by atoms with Crippen LogP contribution in [0.2, 0.25) is 0 Å². The average Bonchev–Trinajstić information content (AvgIpc) is 2.72. The zero-order valence-electron chi connectivity index (χ0n) is 13.5. The van der Waals surface area contributed by atoms with Gasteiger partial charge < -0.3 is 20.4 Å². The largest absolute Gasteiger partial charge is 0.481 e. The van der Waals surface area contributed by atoms with Gasteiger partial charge in [0.1, 0.15) is 0 Å². The van der Waals surface area contributed by atoms with Crippen molar-refractivity contribution in [3.05, 3.63) is 0 Å². The Morgan fingerprint density at radius 1 is 1.29 bits per heavy atom. The minimum Gasteiger partial charge on any atom is -0.481 e. The van der Waals surface area contributed by atoms with Gasteiger partial charge in [0.2, 0.25) is 0 Å². The number of nitrogens with zero attached hydrogens (tertiary/aromatic N) is 1. The molecule has 1 fully saturated rings. The van der Waals surface area contributed by atoms with Crippen molar-refractivity contribution in [3.8, 4) is 0 Å². The first kappa shape index (κ1) is 17.8. The lowest BCUT2D eigenvalue weighted by atomic mass is 9.85. The lowest BCUT2D eigenvalue weighted by Crippen LogP contribution is -2.52. The van der Waals surface area contributed by atoms with E-state index in [9.17, 15) is 14.7 Å². The Balaban J connectivity index is 2.61. The number of carbonyl (C=O) groups excluding carboxylic acids is 1. The van der Waals surface area contributed by atoms with Gasteiger partial charge in [-0.1, -0.05) is 33.6 Å². The van der Waals surface area contributed by atoms with Gasteiger partial charge in [-0.15, -0.1) is 0 Å². The van der Waals surface area contributed by atoms with Crippen LogP contribution >= 0.6 is 0 Å². The number of carboxylic acids is 1. The molecule has 1 aliphatic carbocycles. The fraction of sp³-hybridized carbons (Fsp3) is 0.867. The lowest BCUT2D eigenvalue weighted by molar-refractivity contribution is -0.138. The summed E-state index contributed by atoms with van der Waals surface area (Å²) < 4.78 is 0. The van der Waals surface area contributed by atoms with Gasteiger partial charge >= 0.3 is 12.0 Å². The van der Waals surface area contributed by atoms with E-state index in [2.05, 4.69) is 5.32 Å². The van der Waals surface area contributed by atoms with Crippen molar-refractivity contribution in [2.75, 3.05) is 13.6 Å². The van der Waals surface area contributed by atoms with Gasteiger partial charge in [-0.25, -0.2) is 4.79 Å². The molecule has 0 saturated heterocycles. The standard InChI is InChI=1S/C15H28N2O4/c1-14(2,3)11(9-12(18)19)16-13(20)17(4)10-15(21)7-5-6-8-15/h11,21H,5-10H2,1-4H3,(H,16,20)(H,18,19). The molecule has 122 valence electrons. The van der Waals surface area contributed by atoms with Gasteiger partial charge in [-0.05, 0) is 18.3 Å². The Hall–Kier alpha value is -1.30. The number of carboxylic acid groups (broad SMARTS) is 1. The normalized spacial score (nSPS) is 19.1. The van der Waals surface area contributed by atoms with Crippen LogP contribution in [-0.2, 0) is 4.79 Å². The molecule has 0 aromatic rings. The molecule has 3 N–H and O–H groups in total. The van der Waals surface area contributed by atoms with Crippen LogP contribution in [0, 0.1) is 5.41 Å². The average molecular weight is 300 g/mol. The fourth-order valence-corrected chi connectivity index (χ4v) is 2.71. The van der Waals surface area contributed by atoms with Crippen molar-refractivity contribution in [3.63, 3.8) is 0 Å². The maximum atomic E-state index is 12.2. The Morgan fingerprint density at radius 2 is 1.81 bits per heavy atom. The first-order chi connectivity index (χ1) is 9.53. The molecule has 0 radical (unpaired) electrons. The third-order valence-corrected chi connectivity index (χ3v) is 4.13. The van der Waals surface area contributed by atoms with Crippen molar-refractivity contribution in [2.24, 2.45) is 5.41 Å². The monoisotopic (exact) mass is 300 g/mol. The van der Waals surface area contributed by atoms with Gasteiger partial charge in [0.05, 0.1) is 18.6 Å². The summed E-state index contributed by atoms with van der Waals surface area (Å²) in [7, 11) is 1.63. The second-order valence-electron chi connectivity index (χ2n) is 7.25. The van der Waals surface area contributed by atoms with E-state index in [4.69, 9.17) is 5.11 Å². The molecule has 0 aromatic heterocycles. The van der Waals surface area contributed by atoms with Crippen LogP contribution in [0.25, 0.3) is 0 Å². The number of aliphatic carboxylic acids is 1. The van der Waals surface area contributed by atoms with Crippen LogP contribution in [0.15, 0.2) is 0 Å². The third-order valence-electron chi connectivity index (χ3n) is 4.13. The second-order valence-corrected chi connectivity index (χ2v) is 7.25. The van der Waals surface area contributed by atoms with Crippen LogP contribution < -0.4 is 5.32 Å². The molecule has 0 heterocycles. The number of likely N-dealkylation sites (N-methyl/N-ethyl adjacent to an activating group) is 1. The number of carbonyl (C=O) groups is 2. The Morgan fingerprint density at radius 3 is 2.24 bits per heavy atom. The molecule has 1 atom stereocenters. The van der Waals surface area contributed by atoms with Crippen LogP contribution in [0.3, 0.4) is 0 Å². The smallest absolute Gasteiger partial charge is 0.317 e. The SMILES string of the molecule is CN(CC1(O)CCCC1)C(=O)NC(CC(=O)O)C(C)(C)C. The van der Waals surface area contributed by atoms with E-state index in [1.165, 1.54) is 4.90 Å². The molecule has 1 saturated carbocycles. The first-order valence-corrected chi connectivity index (χ1v) is 7.49. The van der Waals surface area contributed by atoms with Gasteiger partial charge in [-0.3, -0.25) is 4.79 Å². The highest BCUT2D eigenvalue weighted by Crippen LogP contribution is 2.30. The molecule has 21 heavy (non-hydrogen) atoms. The van der Waals surface area contributed by atoms with Gasteiger partial charge in [0.15, 0.2) is 0 Å². The molecule has 6 heteroatoms. The summed E-state index contributed by atoms with van der Waals surface area (Å²) in [6, 6.07) is -0.792. The number of urea groups is 1. The van der Waals surface area contributed by atoms with Crippen LogP contribution in [0.4, 0.5) is 4.79 Å². The van der Waals surface area contributed by atoms with Gasteiger partial charge in [-0.2, -0.15) is 0 Å². The molecular weight excluding hydrogens is 272 g/mol. The van der Waals surface area contributed by atoms with Crippen molar-refractivity contribution < 1.29 is 19.8 Å². The predicted molar refractivity (Wildman–Crippen MR) is 80.1 cm³/mol. The van der Waals surface area contributed by atoms with E-state index < -0.39 is 17.6 Å². The van der Waals surface area contributed by atoms with Crippen molar-refractivity contribution in [1.29, 1.82) is 0 Å². The van der Waals surface area contributed by atoms with E-state index in [1.54, 1.807) is 7.05 Å². The van der Waals surface area contributed by atoms with E-state index in [1.807, 2.05) is 20.8 Å². The molecule has 0 aliphatic heterocycles. The number of nitrogens with one attached hydrogen (secondary N) is 1. The highest BCUT2D eigenvalue weighted by atomic mass is 16.4. The van der Waals surface area contributed by atoms with Gasteiger partial charge in [0.25, 0.3) is 0 Å². The molecule has 1 aliphatic rings. The summed E-state index contributed by atoms with van der Waals surface area (Å²) in [5.74, 6) is -0.938. The number of hydrogen-bond donors (Lipinski definition) is 3. The van der Waals surface area contributed by atoms with Crippen molar-refractivity contribution in [2.45, 2.75) is 64.5 Å². The van der Waals surface area contributed by atoms with Gasteiger partial charge in [0, 0.05) is 13.1 Å². The Labute approximate surface area is 126 Å². The topological polar surface area (TPSA) is 89.9 Å². The molecule has 2 amide bonds. The molecule has 1 unspecified atom stereocenters. The maximum Gasteiger partial charge on any atom is 0.317 e. The molecule has 0 aromatic carbocycles. The zero-order valence-corrected chi connectivity index (χ0v) is 13.5. The predicted octanol–water partition coefficient (Wildman–Crippen LogP) is 1.82. The molecule has 0 spiro atoms. The van der Waals surface area contributed by atoms with Crippen molar-refractivity contribution >= 4 is 12.0 Å². The van der Waals surface area contributed by atoms with E-state index in [-0.39, 0.29) is 24.4 Å². The third kappa shape index (κ3) is 5.53. The minimum atomic E-state index is -0.938. The lowest BCUT2D eigenvalue weighted by Gasteiger charge is -2.34. The first-order valence-electron chi connectivity index (χ1n) is 7.49. The van der Waals surface area contributed by atoms with E-state index >= 15 is 0 Å². The zero-order chi connectivity index (χ0) is 16.3. The number of rotatable bonds is 5. The summed E-state index contributed by atoms with van der Waals surface area (Å²) in [5.41, 5.74) is -1.14. The van der Waals surface area contributed by atoms with Crippen LogP contribution in [0.1, 0.15) is 52.9 Å². The number of aliphatic hydroxyl groups is 1. The molecule has 0 bridgehead atoms. The number of amides is 2. The van der Waals surface area contributed by atoms with Crippen molar-refractivity contribution in [1.82, 2.24) is 10.2 Å². The second kappa shape index (κ2) is 6.64. The summed E-state index contributed by atoms with van der Waals surface area (Å²) in [5, 5.41) is 22.1. The number of hydrogen-bond acceptors (Lipinski definition) is 3. The summed E-state index contributed by atoms with van der Waals surface area (Å²) >= 11 is 0. The highest BCUT2D eigenvalue weighted by Gasteiger charge is 2.35. The van der Waals surface area contributed by atoms with Crippen LogP contribution in [-0.4, -0.2) is 52.3 Å². The molecular formula is C15H28N2O4.